The number of carbonyl (C=O) groups excluding carboxylic acids is 1. The Morgan fingerprint density at radius 1 is 1.37 bits per heavy atom. The first-order valence-electron chi connectivity index (χ1n) is 6.23. The van der Waals surface area contributed by atoms with Gasteiger partial charge in [-0.1, -0.05) is 25.5 Å². The van der Waals surface area contributed by atoms with E-state index in [0.29, 0.717) is 13.2 Å². The normalized spacial score (nSPS) is 10.2. The third-order valence-corrected chi connectivity index (χ3v) is 2.51. The first-order chi connectivity index (χ1) is 9.13. The number of nitro benzene ring substituents is 1. The number of nitrogens with zero attached hydrogens (tertiary/aromatic N) is 1. The Bertz CT molecular complexity index is 417. The summed E-state index contributed by atoms with van der Waals surface area (Å²) in [5, 5.41) is 13.4. The lowest BCUT2D eigenvalue weighted by Crippen LogP contribution is -2.24. The monoisotopic (exact) mass is 266 g/mol. The van der Waals surface area contributed by atoms with Crippen LogP contribution in [0.25, 0.3) is 0 Å². The fraction of sp³-hybridized carbons (Fsp3) is 0.462. The van der Waals surface area contributed by atoms with E-state index in [4.69, 9.17) is 4.74 Å². The Balaban J connectivity index is 2.25. The van der Waals surface area contributed by atoms with Crippen LogP contribution in [0.3, 0.4) is 0 Å². The lowest BCUT2D eigenvalue weighted by Gasteiger charge is -2.05. The highest BCUT2D eigenvalue weighted by molar-refractivity contribution is 5.71. The van der Waals surface area contributed by atoms with Crippen LogP contribution in [0.15, 0.2) is 24.3 Å². The zero-order valence-electron chi connectivity index (χ0n) is 10.9. The van der Waals surface area contributed by atoms with Crippen LogP contribution >= 0.6 is 0 Å². The summed E-state index contributed by atoms with van der Waals surface area (Å²) in [5.41, 5.74) is 0.940. The molecule has 0 aliphatic heterocycles. The highest BCUT2D eigenvalue weighted by Crippen LogP contribution is 2.11. The number of unbranched alkanes of at least 4 members (excludes halogenated alkanes) is 1. The minimum atomic E-state index is -0.442. The molecule has 19 heavy (non-hydrogen) atoms. The van der Waals surface area contributed by atoms with Gasteiger partial charge in [-0.15, -0.1) is 0 Å². The SMILES string of the molecule is CCCCOC(=O)CNCc1ccc([N+](=O)[O-])cc1. The van der Waals surface area contributed by atoms with Crippen LogP contribution in [0.5, 0.6) is 0 Å². The van der Waals surface area contributed by atoms with Crippen molar-refractivity contribution in [1.82, 2.24) is 5.32 Å². The molecular formula is C13H18N2O4. The molecule has 0 amide bonds. The highest BCUT2D eigenvalue weighted by Gasteiger charge is 2.05. The average Bonchev–Trinajstić information content (AvgIpc) is 2.39. The number of ether oxygens (including phenoxy) is 1. The predicted molar refractivity (Wildman–Crippen MR) is 70.7 cm³/mol. The molecule has 1 N–H and O–H groups in total. The van der Waals surface area contributed by atoms with Crippen molar-refractivity contribution in [2.24, 2.45) is 0 Å². The molecule has 0 fully saturated rings. The van der Waals surface area contributed by atoms with E-state index in [1.54, 1.807) is 12.1 Å². The van der Waals surface area contributed by atoms with E-state index in [9.17, 15) is 14.9 Å². The van der Waals surface area contributed by atoms with Crippen molar-refractivity contribution in [2.45, 2.75) is 26.3 Å². The zero-order chi connectivity index (χ0) is 14.1. The summed E-state index contributed by atoms with van der Waals surface area (Å²) in [6.07, 6.45) is 1.86. The topological polar surface area (TPSA) is 81.5 Å². The molecule has 0 aliphatic carbocycles. The summed E-state index contributed by atoms with van der Waals surface area (Å²) < 4.78 is 4.98. The Hall–Kier alpha value is -1.95. The van der Waals surface area contributed by atoms with Gasteiger partial charge in [0, 0.05) is 18.7 Å². The molecule has 0 aromatic heterocycles. The number of hydrogen-bond acceptors (Lipinski definition) is 5. The maximum atomic E-state index is 11.3. The molecule has 0 aliphatic rings. The summed E-state index contributed by atoms with van der Waals surface area (Å²) in [4.78, 5) is 21.3. The molecule has 0 bridgehead atoms. The standard InChI is InChI=1S/C13H18N2O4/c1-2-3-8-19-13(16)10-14-9-11-4-6-12(7-5-11)15(17)18/h4-7,14H,2-3,8-10H2,1H3. The lowest BCUT2D eigenvalue weighted by atomic mass is 10.2. The van der Waals surface area contributed by atoms with Crippen LogP contribution < -0.4 is 5.32 Å². The number of carbonyl (C=O) groups is 1. The van der Waals surface area contributed by atoms with Crippen molar-refractivity contribution in [1.29, 1.82) is 0 Å². The van der Waals surface area contributed by atoms with Crippen molar-refractivity contribution >= 4 is 11.7 Å². The maximum Gasteiger partial charge on any atom is 0.319 e. The second-order valence-corrected chi connectivity index (χ2v) is 4.10. The largest absolute Gasteiger partial charge is 0.465 e. The van der Waals surface area contributed by atoms with E-state index in [1.807, 2.05) is 6.92 Å². The van der Waals surface area contributed by atoms with Gasteiger partial charge < -0.3 is 10.1 Å². The van der Waals surface area contributed by atoms with Crippen molar-refractivity contribution in [3.63, 3.8) is 0 Å². The first-order valence-corrected chi connectivity index (χ1v) is 6.23. The summed E-state index contributed by atoms with van der Waals surface area (Å²) in [6.45, 7) is 3.09. The minimum Gasteiger partial charge on any atom is -0.465 e. The first kappa shape index (κ1) is 15.1. The van der Waals surface area contributed by atoms with Crippen molar-refractivity contribution < 1.29 is 14.5 Å². The Morgan fingerprint density at radius 3 is 2.63 bits per heavy atom. The number of nitrogens with one attached hydrogen (secondary N) is 1. The molecule has 0 heterocycles. The molecule has 6 heteroatoms. The number of nitro groups is 1. The number of non-ortho nitro benzene ring substituents is 1. The van der Waals surface area contributed by atoms with Gasteiger partial charge >= 0.3 is 5.97 Å². The van der Waals surface area contributed by atoms with Gasteiger partial charge in [0.15, 0.2) is 0 Å². The predicted octanol–water partition coefficient (Wildman–Crippen LogP) is 2.03. The van der Waals surface area contributed by atoms with E-state index in [-0.39, 0.29) is 18.2 Å². The van der Waals surface area contributed by atoms with E-state index < -0.39 is 4.92 Å². The van der Waals surface area contributed by atoms with Crippen LogP contribution in [-0.4, -0.2) is 24.0 Å². The van der Waals surface area contributed by atoms with Gasteiger partial charge in [0.1, 0.15) is 0 Å². The zero-order valence-corrected chi connectivity index (χ0v) is 10.9. The maximum absolute atomic E-state index is 11.3. The summed E-state index contributed by atoms with van der Waals surface area (Å²) >= 11 is 0. The molecule has 6 nitrogen and oxygen atoms in total. The van der Waals surface area contributed by atoms with Crippen LogP contribution in [-0.2, 0) is 16.1 Å². The average molecular weight is 266 g/mol. The molecule has 0 saturated heterocycles. The van der Waals surface area contributed by atoms with Gasteiger partial charge in [0.25, 0.3) is 5.69 Å². The molecule has 1 aromatic carbocycles. The minimum absolute atomic E-state index is 0.0581. The quantitative estimate of drug-likeness (QED) is 0.337. The lowest BCUT2D eigenvalue weighted by molar-refractivity contribution is -0.384. The van der Waals surface area contributed by atoms with Crippen molar-refractivity contribution in [2.75, 3.05) is 13.2 Å². The number of rotatable bonds is 8. The smallest absolute Gasteiger partial charge is 0.319 e. The van der Waals surface area contributed by atoms with Crippen LogP contribution in [0.1, 0.15) is 25.3 Å². The van der Waals surface area contributed by atoms with Crippen molar-refractivity contribution in [3.05, 3.63) is 39.9 Å². The third kappa shape index (κ3) is 5.96. The molecule has 0 saturated carbocycles. The van der Waals surface area contributed by atoms with Gasteiger partial charge in [-0.25, -0.2) is 0 Å². The van der Waals surface area contributed by atoms with Gasteiger partial charge in [0.2, 0.25) is 0 Å². The second kappa shape index (κ2) is 8.20. The van der Waals surface area contributed by atoms with Crippen LogP contribution in [0, 0.1) is 10.1 Å². The van der Waals surface area contributed by atoms with Gasteiger partial charge in [-0.3, -0.25) is 14.9 Å². The molecule has 1 rings (SSSR count). The van der Waals surface area contributed by atoms with E-state index in [1.165, 1.54) is 12.1 Å². The molecular weight excluding hydrogens is 248 g/mol. The van der Waals surface area contributed by atoms with E-state index in [2.05, 4.69) is 5.32 Å². The molecule has 1 aromatic rings. The fourth-order valence-corrected chi connectivity index (χ4v) is 1.43. The summed E-state index contributed by atoms with van der Waals surface area (Å²) in [5.74, 6) is -0.282. The van der Waals surface area contributed by atoms with Crippen LogP contribution in [0.4, 0.5) is 5.69 Å². The molecule has 0 radical (unpaired) electrons. The summed E-state index contributed by atoms with van der Waals surface area (Å²) in [6, 6.07) is 6.20. The second-order valence-electron chi connectivity index (χ2n) is 4.10. The van der Waals surface area contributed by atoms with Gasteiger partial charge in [-0.2, -0.15) is 0 Å². The molecule has 0 spiro atoms. The third-order valence-electron chi connectivity index (χ3n) is 2.51. The van der Waals surface area contributed by atoms with Gasteiger partial charge in [-0.05, 0) is 12.0 Å². The number of hydrogen-bond donors (Lipinski definition) is 1. The number of benzene rings is 1. The Kier molecular flexibility index (Phi) is 6.52. The summed E-state index contributed by atoms with van der Waals surface area (Å²) in [7, 11) is 0. The Labute approximate surface area is 111 Å². The van der Waals surface area contributed by atoms with E-state index in [0.717, 1.165) is 18.4 Å². The number of esters is 1. The van der Waals surface area contributed by atoms with Crippen LogP contribution in [0.2, 0.25) is 0 Å². The molecule has 0 atom stereocenters. The van der Waals surface area contributed by atoms with Gasteiger partial charge in [0.05, 0.1) is 18.1 Å². The Morgan fingerprint density at radius 2 is 2.05 bits per heavy atom. The fourth-order valence-electron chi connectivity index (χ4n) is 1.43. The molecule has 104 valence electrons. The highest BCUT2D eigenvalue weighted by atomic mass is 16.6. The molecule has 0 unspecified atom stereocenters. The van der Waals surface area contributed by atoms with Crippen molar-refractivity contribution in [3.8, 4) is 0 Å². The van der Waals surface area contributed by atoms with E-state index >= 15 is 0 Å².